The Morgan fingerprint density at radius 2 is 2.17 bits per heavy atom. The Morgan fingerprint density at radius 3 is 2.78 bits per heavy atom. The summed E-state index contributed by atoms with van der Waals surface area (Å²) in [6.07, 6.45) is 6.69. The second kappa shape index (κ2) is 4.89. The molecule has 98 valence electrons. The van der Waals surface area contributed by atoms with E-state index < -0.39 is 5.54 Å². The third kappa shape index (κ3) is 2.76. The van der Waals surface area contributed by atoms with E-state index in [0.717, 1.165) is 24.4 Å². The Hall–Kier alpha value is -1.69. The van der Waals surface area contributed by atoms with Crippen LogP contribution in [0.25, 0.3) is 0 Å². The molecule has 18 heavy (non-hydrogen) atoms. The predicted octanol–water partition coefficient (Wildman–Crippen LogP) is 1.13. The van der Waals surface area contributed by atoms with Gasteiger partial charge in [-0.3, -0.25) is 0 Å². The normalized spacial score (nSPS) is 12.0. The maximum Gasteiger partial charge on any atom is 0.102 e. The van der Waals surface area contributed by atoms with Gasteiger partial charge in [0.25, 0.3) is 0 Å². The van der Waals surface area contributed by atoms with Gasteiger partial charge in [-0.05, 0) is 20.3 Å². The lowest BCUT2D eigenvalue weighted by atomic mass is 10.0. The van der Waals surface area contributed by atoms with Gasteiger partial charge >= 0.3 is 0 Å². The number of rotatable bonds is 5. The van der Waals surface area contributed by atoms with Crippen molar-refractivity contribution in [2.45, 2.75) is 45.8 Å². The zero-order chi connectivity index (χ0) is 13.2. The summed E-state index contributed by atoms with van der Waals surface area (Å²) in [6.45, 7) is 7.63. The first-order valence-electron chi connectivity index (χ1n) is 6.19. The molecule has 2 heterocycles. The molecule has 6 heteroatoms. The smallest absolute Gasteiger partial charge is 0.102 e. The van der Waals surface area contributed by atoms with Crippen molar-refractivity contribution in [3.8, 4) is 0 Å². The minimum Gasteiger partial charge on any atom is -0.333 e. The highest BCUT2D eigenvalue weighted by Gasteiger charge is 2.18. The van der Waals surface area contributed by atoms with E-state index in [9.17, 15) is 0 Å². The molecule has 0 fully saturated rings. The molecule has 0 atom stereocenters. The highest BCUT2D eigenvalue weighted by molar-refractivity contribution is 5.07. The minimum absolute atomic E-state index is 0.456. The number of nitrogens with two attached hydrogens (primary N) is 1. The van der Waals surface area contributed by atoms with Crippen LogP contribution in [0.2, 0.25) is 0 Å². The van der Waals surface area contributed by atoms with Crippen LogP contribution in [0, 0.1) is 0 Å². The summed E-state index contributed by atoms with van der Waals surface area (Å²) in [5.41, 5.74) is 7.45. The fraction of sp³-hybridized carbons (Fsp3) is 0.583. The van der Waals surface area contributed by atoms with Crippen molar-refractivity contribution in [3.05, 3.63) is 30.1 Å². The van der Waals surface area contributed by atoms with E-state index in [1.807, 2.05) is 32.6 Å². The van der Waals surface area contributed by atoms with Gasteiger partial charge in [0.15, 0.2) is 0 Å². The van der Waals surface area contributed by atoms with Gasteiger partial charge < -0.3 is 10.3 Å². The average molecular weight is 248 g/mol. The SMILES string of the molecule is CCCn1cncc1Cn1cc(C(C)(C)N)nn1. The fourth-order valence-electron chi connectivity index (χ4n) is 1.76. The van der Waals surface area contributed by atoms with Gasteiger partial charge in [-0.1, -0.05) is 12.1 Å². The monoisotopic (exact) mass is 248 g/mol. The molecule has 2 aromatic heterocycles. The van der Waals surface area contributed by atoms with Crippen LogP contribution in [0.4, 0.5) is 0 Å². The lowest BCUT2D eigenvalue weighted by Gasteiger charge is -2.13. The molecule has 0 saturated carbocycles. The van der Waals surface area contributed by atoms with Crippen molar-refractivity contribution < 1.29 is 0 Å². The van der Waals surface area contributed by atoms with Crippen LogP contribution in [0.3, 0.4) is 0 Å². The second-order valence-electron chi connectivity index (χ2n) is 5.10. The van der Waals surface area contributed by atoms with E-state index in [2.05, 4.69) is 26.8 Å². The minimum atomic E-state index is -0.456. The van der Waals surface area contributed by atoms with Crippen molar-refractivity contribution in [1.82, 2.24) is 24.5 Å². The van der Waals surface area contributed by atoms with E-state index in [0.29, 0.717) is 6.54 Å². The van der Waals surface area contributed by atoms with Crippen molar-refractivity contribution >= 4 is 0 Å². The first kappa shape index (κ1) is 12.8. The summed E-state index contributed by atoms with van der Waals surface area (Å²) in [5.74, 6) is 0. The third-order valence-corrected chi connectivity index (χ3v) is 2.79. The molecule has 0 spiro atoms. The maximum atomic E-state index is 5.99. The zero-order valence-corrected chi connectivity index (χ0v) is 11.2. The summed E-state index contributed by atoms with van der Waals surface area (Å²) in [6, 6.07) is 0. The van der Waals surface area contributed by atoms with Gasteiger partial charge in [0.1, 0.15) is 5.69 Å². The summed E-state index contributed by atoms with van der Waals surface area (Å²) in [4.78, 5) is 4.17. The average Bonchev–Trinajstić information content (AvgIpc) is 2.89. The summed E-state index contributed by atoms with van der Waals surface area (Å²) < 4.78 is 3.93. The molecule has 6 nitrogen and oxygen atoms in total. The predicted molar refractivity (Wildman–Crippen MR) is 68.9 cm³/mol. The molecule has 2 rings (SSSR count). The van der Waals surface area contributed by atoms with Crippen LogP contribution in [0.1, 0.15) is 38.6 Å². The van der Waals surface area contributed by atoms with Crippen LogP contribution >= 0.6 is 0 Å². The van der Waals surface area contributed by atoms with Gasteiger partial charge in [0.05, 0.1) is 36.5 Å². The topological polar surface area (TPSA) is 74.5 Å². The number of aromatic nitrogens is 5. The number of hydrogen-bond donors (Lipinski definition) is 1. The Bertz CT molecular complexity index is 505. The van der Waals surface area contributed by atoms with Crippen molar-refractivity contribution in [2.24, 2.45) is 5.73 Å². The van der Waals surface area contributed by atoms with Gasteiger partial charge in [-0.25, -0.2) is 9.67 Å². The van der Waals surface area contributed by atoms with E-state index in [1.165, 1.54) is 0 Å². The molecular formula is C12H20N6. The molecule has 0 radical (unpaired) electrons. The Labute approximate surface area is 107 Å². The number of hydrogen-bond acceptors (Lipinski definition) is 4. The van der Waals surface area contributed by atoms with Crippen LogP contribution in [0.15, 0.2) is 18.7 Å². The Kier molecular flexibility index (Phi) is 3.47. The van der Waals surface area contributed by atoms with Crippen LogP contribution < -0.4 is 5.73 Å². The third-order valence-electron chi connectivity index (χ3n) is 2.79. The molecule has 0 bridgehead atoms. The van der Waals surface area contributed by atoms with Gasteiger partial charge in [0.2, 0.25) is 0 Å². The van der Waals surface area contributed by atoms with Crippen LogP contribution in [-0.4, -0.2) is 24.5 Å². The van der Waals surface area contributed by atoms with Crippen LogP contribution in [0.5, 0.6) is 0 Å². The largest absolute Gasteiger partial charge is 0.333 e. The fourth-order valence-corrected chi connectivity index (χ4v) is 1.76. The molecule has 0 unspecified atom stereocenters. The highest BCUT2D eigenvalue weighted by atomic mass is 15.4. The summed E-state index contributed by atoms with van der Waals surface area (Å²) in [5, 5.41) is 8.21. The number of imidazole rings is 1. The molecule has 2 aromatic rings. The van der Waals surface area contributed by atoms with Gasteiger partial charge in [-0.2, -0.15) is 0 Å². The summed E-state index contributed by atoms with van der Waals surface area (Å²) >= 11 is 0. The molecule has 0 aromatic carbocycles. The van der Waals surface area contributed by atoms with E-state index in [-0.39, 0.29) is 0 Å². The molecule has 2 N–H and O–H groups in total. The maximum absolute atomic E-state index is 5.99. The molecular weight excluding hydrogens is 228 g/mol. The quantitative estimate of drug-likeness (QED) is 0.860. The highest BCUT2D eigenvalue weighted by Crippen LogP contribution is 2.13. The standard InChI is InChI=1S/C12H20N6/c1-4-5-17-9-14-6-10(17)7-18-8-11(15-16-18)12(2,3)13/h6,8-9H,4-5,7,13H2,1-3H3. The first-order chi connectivity index (χ1) is 8.50. The van der Waals surface area contributed by atoms with Crippen molar-refractivity contribution in [1.29, 1.82) is 0 Å². The molecule has 0 aliphatic rings. The molecule has 0 amide bonds. The number of aryl methyl sites for hydroxylation is 1. The summed E-state index contributed by atoms with van der Waals surface area (Å²) in [7, 11) is 0. The lowest BCUT2D eigenvalue weighted by molar-refractivity contribution is 0.533. The lowest BCUT2D eigenvalue weighted by Crippen LogP contribution is -2.29. The van der Waals surface area contributed by atoms with Crippen LogP contribution in [-0.2, 0) is 18.6 Å². The Balaban J connectivity index is 2.14. The van der Waals surface area contributed by atoms with Crippen molar-refractivity contribution in [2.75, 3.05) is 0 Å². The number of nitrogens with zero attached hydrogens (tertiary/aromatic N) is 5. The van der Waals surface area contributed by atoms with E-state index in [1.54, 1.807) is 4.68 Å². The van der Waals surface area contributed by atoms with E-state index in [4.69, 9.17) is 5.73 Å². The van der Waals surface area contributed by atoms with Gasteiger partial charge in [-0.15, -0.1) is 5.10 Å². The van der Waals surface area contributed by atoms with E-state index >= 15 is 0 Å². The zero-order valence-electron chi connectivity index (χ0n) is 11.2. The molecule has 0 saturated heterocycles. The first-order valence-corrected chi connectivity index (χ1v) is 6.19. The molecule has 0 aliphatic carbocycles. The molecule has 0 aliphatic heterocycles. The van der Waals surface area contributed by atoms with Gasteiger partial charge in [0, 0.05) is 6.54 Å². The Morgan fingerprint density at radius 1 is 1.39 bits per heavy atom. The second-order valence-corrected chi connectivity index (χ2v) is 5.10. The van der Waals surface area contributed by atoms with Crippen molar-refractivity contribution in [3.63, 3.8) is 0 Å².